The first-order valence-corrected chi connectivity index (χ1v) is 7.66. The average Bonchev–Trinajstić information content (AvgIpc) is 2.90. The van der Waals surface area contributed by atoms with Gasteiger partial charge in [-0.05, 0) is 29.1 Å². The van der Waals surface area contributed by atoms with E-state index >= 15 is 0 Å². The van der Waals surface area contributed by atoms with Crippen LogP contribution in [0.15, 0.2) is 29.6 Å². The second-order valence-corrected chi connectivity index (χ2v) is 6.10. The van der Waals surface area contributed by atoms with Gasteiger partial charge in [0.2, 0.25) is 0 Å². The van der Waals surface area contributed by atoms with Gasteiger partial charge < -0.3 is 15.6 Å². The van der Waals surface area contributed by atoms with Gasteiger partial charge in [0.25, 0.3) is 0 Å². The predicted octanol–water partition coefficient (Wildman–Crippen LogP) is 3.84. The van der Waals surface area contributed by atoms with Crippen LogP contribution in [-0.2, 0) is 0 Å². The fourth-order valence-electron chi connectivity index (χ4n) is 2.10. The van der Waals surface area contributed by atoms with Crippen molar-refractivity contribution in [1.82, 2.24) is 0 Å². The number of nitrogens with two attached hydrogens (primary N) is 1. The van der Waals surface area contributed by atoms with Crippen LogP contribution in [0.5, 0.6) is 5.75 Å². The molecule has 0 radical (unpaired) electrons. The highest BCUT2D eigenvalue weighted by Crippen LogP contribution is 2.40. The summed E-state index contributed by atoms with van der Waals surface area (Å²) in [7, 11) is 1.57. The van der Waals surface area contributed by atoms with Crippen molar-refractivity contribution in [1.29, 1.82) is 0 Å². The van der Waals surface area contributed by atoms with Crippen LogP contribution in [0.3, 0.4) is 0 Å². The van der Waals surface area contributed by atoms with Crippen LogP contribution in [0.4, 0.5) is 0 Å². The van der Waals surface area contributed by atoms with E-state index in [0.717, 1.165) is 10.4 Å². The Morgan fingerprint density at radius 2 is 2.10 bits per heavy atom. The number of hydrogen-bond acceptors (Lipinski definition) is 4. The Morgan fingerprint density at radius 3 is 2.70 bits per heavy atom. The molecule has 1 heterocycles. The second kappa shape index (κ2) is 6.78. The molecule has 0 saturated heterocycles. The molecule has 2 aromatic rings. The van der Waals surface area contributed by atoms with E-state index in [1.165, 1.54) is 11.3 Å². The third kappa shape index (κ3) is 3.10. The van der Waals surface area contributed by atoms with Crippen molar-refractivity contribution in [3.05, 3.63) is 50.1 Å². The number of aliphatic hydroxyl groups is 1. The summed E-state index contributed by atoms with van der Waals surface area (Å²) in [6.45, 7) is 0.267. The van der Waals surface area contributed by atoms with E-state index in [1.54, 1.807) is 25.3 Å². The van der Waals surface area contributed by atoms with Crippen LogP contribution in [-0.4, -0.2) is 18.8 Å². The van der Waals surface area contributed by atoms with Gasteiger partial charge >= 0.3 is 0 Å². The van der Waals surface area contributed by atoms with Crippen LogP contribution in [0, 0.1) is 0 Å². The first kappa shape index (κ1) is 15.6. The molecule has 0 aliphatic heterocycles. The smallest absolute Gasteiger partial charge is 0.135 e. The highest BCUT2D eigenvalue weighted by atomic mass is 35.5. The van der Waals surface area contributed by atoms with Crippen molar-refractivity contribution >= 4 is 34.5 Å². The van der Waals surface area contributed by atoms with Crippen molar-refractivity contribution in [3.63, 3.8) is 0 Å². The minimum atomic E-state index is -0.770. The highest BCUT2D eigenvalue weighted by Gasteiger charge is 2.27. The van der Waals surface area contributed by atoms with Gasteiger partial charge in [0.05, 0.1) is 18.1 Å². The summed E-state index contributed by atoms with van der Waals surface area (Å²) in [5, 5.41) is 13.5. The van der Waals surface area contributed by atoms with Gasteiger partial charge in [-0.3, -0.25) is 0 Å². The van der Waals surface area contributed by atoms with Crippen molar-refractivity contribution in [3.8, 4) is 5.75 Å². The number of benzene rings is 1. The maximum atomic E-state index is 10.6. The molecule has 1 aromatic carbocycles. The molecule has 0 saturated carbocycles. The summed E-state index contributed by atoms with van der Waals surface area (Å²) >= 11 is 13.5. The van der Waals surface area contributed by atoms with E-state index in [4.69, 9.17) is 33.7 Å². The Kier molecular flexibility index (Phi) is 5.29. The molecule has 0 bridgehead atoms. The summed E-state index contributed by atoms with van der Waals surface area (Å²) in [4.78, 5) is 0.744. The third-order valence-corrected chi connectivity index (χ3v) is 4.67. The Bertz CT molecular complexity index is 588. The van der Waals surface area contributed by atoms with Gasteiger partial charge in [-0.1, -0.05) is 29.3 Å². The molecule has 6 heteroatoms. The maximum absolute atomic E-state index is 10.6. The lowest BCUT2D eigenvalue weighted by Gasteiger charge is -2.23. The minimum Gasteiger partial charge on any atom is -0.495 e. The normalized spacial score (nSPS) is 14.1. The number of thiophene rings is 1. The molecule has 0 aliphatic rings. The fourth-order valence-corrected chi connectivity index (χ4v) is 3.56. The molecule has 2 unspecified atom stereocenters. The number of halogens is 2. The molecule has 3 nitrogen and oxygen atoms in total. The van der Waals surface area contributed by atoms with E-state index in [1.807, 2.05) is 11.4 Å². The number of ether oxygens (including phenoxy) is 1. The predicted molar refractivity (Wildman–Crippen MR) is 84.1 cm³/mol. The van der Waals surface area contributed by atoms with Gasteiger partial charge in [-0.2, -0.15) is 0 Å². The van der Waals surface area contributed by atoms with Crippen molar-refractivity contribution < 1.29 is 9.84 Å². The number of hydrogen-bond donors (Lipinski definition) is 2. The Labute approximate surface area is 131 Å². The third-order valence-electron chi connectivity index (χ3n) is 3.14. The monoisotopic (exact) mass is 331 g/mol. The Hall–Kier alpha value is -0.780. The van der Waals surface area contributed by atoms with Crippen molar-refractivity contribution in [2.45, 2.75) is 12.0 Å². The molecule has 2 rings (SSSR count). The van der Waals surface area contributed by atoms with Crippen LogP contribution >= 0.6 is 34.5 Å². The topological polar surface area (TPSA) is 55.5 Å². The van der Waals surface area contributed by atoms with E-state index in [2.05, 4.69) is 0 Å². The van der Waals surface area contributed by atoms with Gasteiger partial charge in [0, 0.05) is 22.5 Å². The van der Waals surface area contributed by atoms with Crippen molar-refractivity contribution in [2.75, 3.05) is 13.7 Å². The van der Waals surface area contributed by atoms with Crippen molar-refractivity contribution in [2.24, 2.45) is 5.73 Å². The van der Waals surface area contributed by atoms with Crippen LogP contribution < -0.4 is 10.5 Å². The van der Waals surface area contributed by atoms with E-state index in [-0.39, 0.29) is 12.5 Å². The van der Waals surface area contributed by atoms with Gasteiger partial charge in [-0.15, -0.1) is 11.3 Å². The molecule has 0 fully saturated rings. The van der Waals surface area contributed by atoms with Gasteiger partial charge in [0.15, 0.2) is 0 Å². The summed E-state index contributed by atoms with van der Waals surface area (Å²) in [6.07, 6.45) is -0.770. The molecular formula is C14H15Cl2NO2S. The van der Waals surface area contributed by atoms with E-state index in [0.29, 0.717) is 15.8 Å². The number of aliphatic hydroxyl groups excluding tert-OH is 1. The second-order valence-electron chi connectivity index (χ2n) is 4.31. The number of methoxy groups -OCH3 is 1. The van der Waals surface area contributed by atoms with Crippen LogP contribution in [0.1, 0.15) is 22.5 Å². The molecular weight excluding hydrogens is 317 g/mol. The first-order chi connectivity index (χ1) is 9.58. The molecule has 2 atom stereocenters. The average molecular weight is 332 g/mol. The maximum Gasteiger partial charge on any atom is 0.135 e. The van der Waals surface area contributed by atoms with Gasteiger partial charge in [-0.25, -0.2) is 0 Å². The molecule has 0 amide bonds. The van der Waals surface area contributed by atoms with Crippen LogP contribution in [0.2, 0.25) is 10.0 Å². The zero-order chi connectivity index (χ0) is 14.7. The zero-order valence-corrected chi connectivity index (χ0v) is 13.2. The Balaban J connectivity index is 2.36. The SMILES string of the molecule is COc1ccsc1C(O)C(CN)c1ccc(Cl)cc1Cl. The molecule has 3 N–H and O–H groups in total. The zero-order valence-electron chi connectivity index (χ0n) is 10.8. The fraction of sp³-hybridized carbons (Fsp3) is 0.286. The van der Waals surface area contributed by atoms with E-state index < -0.39 is 6.10 Å². The van der Waals surface area contributed by atoms with E-state index in [9.17, 15) is 5.11 Å². The summed E-state index contributed by atoms with van der Waals surface area (Å²) < 4.78 is 5.24. The molecule has 0 spiro atoms. The quantitative estimate of drug-likeness (QED) is 0.875. The van der Waals surface area contributed by atoms with Crippen LogP contribution in [0.25, 0.3) is 0 Å². The number of rotatable bonds is 5. The summed E-state index contributed by atoms with van der Waals surface area (Å²) in [5.41, 5.74) is 6.60. The summed E-state index contributed by atoms with van der Waals surface area (Å²) in [6, 6.07) is 7.01. The lowest BCUT2D eigenvalue weighted by Crippen LogP contribution is -2.20. The first-order valence-electron chi connectivity index (χ1n) is 6.03. The lowest BCUT2D eigenvalue weighted by molar-refractivity contribution is 0.148. The van der Waals surface area contributed by atoms with Gasteiger partial charge in [0.1, 0.15) is 5.75 Å². The minimum absolute atomic E-state index is 0.267. The molecule has 108 valence electrons. The largest absolute Gasteiger partial charge is 0.495 e. The standard InChI is InChI=1S/C14H15Cl2NO2S/c1-19-12-4-5-20-14(12)13(18)10(7-17)9-3-2-8(15)6-11(9)16/h2-6,10,13,18H,7,17H2,1H3. The summed E-state index contributed by atoms with van der Waals surface area (Å²) in [5.74, 6) is 0.346. The Morgan fingerprint density at radius 1 is 1.35 bits per heavy atom. The lowest BCUT2D eigenvalue weighted by atomic mass is 9.92. The molecule has 1 aromatic heterocycles. The molecule has 0 aliphatic carbocycles. The highest BCUT2D eigenvalue weighted by molar-refractivity contribution is 7.10. The molecule has 20 heavy (non-hydrogen) atoms.